The normalized spacial score (nSPS) is 11.1. The van der Waals surface area contributed by atoms with Crippen molar-refractivity contribution >= 4 is 33.2 Å². The maximum absolute atomic E-state index is 12.3. The van der Waals surface area contributed by atoms with E-state index in [1.165, 1.54) is 0 Å². The Morgan fingerprint density at radius 3 is 2.48 bits per heavy atom. The largest absolute Gasteiger partial charge is 0.348 e. The Morgan fingerprint density at radius 1 is 1.13 bits per heavy atom. The number of hydrogen-bond acceptors (Lipinski definition) is 3. The van der Waals surface area contributed by atoms with Crippen LogP contribution in [0.1, 0.15) is 21.5 Å². The average molecular weight is 353 g/mol. The predicted octanol–water partition coefficient (Wildman–Crippen LogP) is 2.95. The van der Waals surface area contributed by atoms with Crippen molar-refractivity contribution in [2.75, 3.05) is 11.0 Å². The van der Waals surface area contributed by atoms with E-state index < -0.39 is 10.0 Å². The third kappa shape index (κ3) is 4.71. The lowest BCUT2D eigenvalue weighted by atomic mass is 10.1. The summed E-state index contributed by atoms with van der Waals surface area (Å²) < 4.78 is 25.1. The molecule has 0 fully saturated rings. The van der Waals surface area contributed by atoms with Crippen LogP contribution in [0, 0.1) is 6.92 Å². The molecule has 0 radical (unpaired) electrons. The number of hydrogen-bond donors (Lipinski definition) is 2. The van der Waals surface area contributed by atoms with E-state index in [4.69, 9.17) is 11.6 Å². The SMILES string of the molecule is Cc1c(NS(C)(=O)=O)cccc1C(=O)NCc1ccccc1Cl. The fourth-order valence-corrected chi connectivity index (χ4v) is 2.93. The van der Waals surface area contributed by atoms with Crippen molar-refractivity contribution in [3.05, 3.63) is 64.2 Å². The lowest BCUT2D eigenvalue weighted by Crippen LogP contribution is -2.24. The van der Waals surface area contributed by atoms with E-state index >= 15 is 0 Å². The summed E-state index contributed by atoms with van der Waals surface area (Å²) in [4.78, 5) is 12.3. The molecular weight excluding hydrogens is 336 g/mol. The van der Waals surface area contributed by atoms with Crippen molar-refractivity contribution in [1.29, 1.82) is 0 Å². The zero-order valence-electron chi connectivity index (χ0n) is 12.8. The third-order valence-corrected chi connectivity index (χ3v) is 4.23. The van der Waals surface area contributed by atoms with Gasteiger partial charge in [0.2, 0.25) is 10.0 Å². The van der Waals surface area contributed by atoms with Crippen molar-refractivity contribution in [2.24, 2.45) is 0 Å². The molecule has 2 N–H and O–H groups in total. The molecule has 2 aromatic rings. The first-order valence-corrected chi connectivity index (χ1v) is 9.14. The van der Waals surface area contributed by atoms with Gasteiger partial charge in [-0.15, -0.1) is 0 Å². The predicted molar refractivity (Wildman–Crippen MR) is 92.3 cm³/mol. The van der Waals surface area contributed by atoms with Gasteiger partial charge in [0.05, 0.1) is 11.9 Å². The lowest BCUT2D eigenvalue weighted by molar-refractivity contribution is 0.0950. The van der Waals surface area contributed by atoms with Crippen LogP contribution < -0.4 is 10.0 Å². The third-order valence-electron chi connectivity index (χ3n) is 3.27. The topological polar surface area (TPSA) is 75.3 Å². The first kappa shape index (κ1) is 17.3. The summed E-state index contributed by atoms with van der Waals surface area (Å²) in [6, 6.07) is 12.1. The van der Waals surface area contributed by atoms with Crippen LogP contribution in [0.3, 0.4) is 0 Å². The van der Waals surface area contributed by atoms with Gasteiger partial charge in [-0.3, -0.25) is 9.52 Å². The number of halogens is 1. The molecule has 1 amide bonds. The number of nitrogens with one attached hydrogen (secondary N) is 2. The molecule has 23 heavy (non-hydrogen) atoms. The number of sulfonamides is 1. The van der Waals surface area contributed by atoms with E-state index in [9.17, 15) is 13.2 Å². The molecule has 0 saturated carbocycles. The standard InChI is InChI=1S/C16H17ClN2O3S/c1-11-13(7-5-9-15(11)19-23(2,21)22)16(20)18-10-12-6-3-4-8-14(12)17/h3-9,19H,10H2,1-2H3,(H,18,20). The number of benzene rings is 2. The molecule has 0 bridgehead atoms. The number of rotatable bonds is 5. The first-order valence-electron chi connectivity index (χ1n) is 6.87. The van der Waals surface area contributed by atoms with E-state index in [1.807, 2.05) is 18.2 Å². The van der Waals surface area contributed by atoms with Crippen LogP contribution in [0.5, 0.6) is 0 Å². The van der Waals surface area contributed by atoms with Crippen LogP contribution in [-0.2, 0) is 16.6 Å². The van der Waals surface area contributed by atoms with Crippen molar-refractivity contribution < 1.29 is 13.2 Å². The summed E-state index contributed by atoms with van der Waals surface area (Å²) in [5, 5.41) is 3.37. The van der Waals surface area contributed by atoms with Gasteiger partial charge in [-0.1, -0.05) is 35.9 Å². The monoisotopic (exact) mass is 352 g/mol. The maximum atomic E-state index is 12.3. The van der Waals surface area contributed by atoms with Gasteiger partial charge in [-0.05, 0) is 36.2 Å². The zero-order chi connectivity index (χ0) is 17.0. The van der Waals surface area contributed by atoms with Gasteiger partial charge in [0, 0.05) is 17.1 Å². The second kappa shape index (κ2) is 7.02. The van der Waals surface area contributed by atoms with Crippen molar-refractivity contribution in [3.8, 4) is 0 Å². The molecule has 0 spiro atoms. The van der Waals surface area contributed by atoms with Gasteiger partial charge in [0.25, 0.3) is 5.91 Å². The highest BCUT2D eigenvalue weighted by molar-refractivity contribution is 7.92. The average Bonchev–Trinajstić information content (AvgIpc) is 2.47. The molecule has 122 valence electrons. The summed E-state index contributed by atoms with van der Waals surface area (Å²) in [6.45, 7) is 1.99. The maximum Gasteiger partial charge on any atom is 0.251 e. The smallest absolute Gasteiger partial charge is 0.251 e. The molecule has 0 atom stereocenters. The zero-order valence-corrected chi connectivity index (χ0v) is 14.3. The number of amides is 1. The van der Waals surface area contributed by atoms with Gasteiger partial charge in [-0.25, -0.2) is 8.42 Å². The van der Waals surface area contributed by atoms with E-state index in [-0.39, 0.29) is 5.91 Å². The van der Waals surface area contributed by atoms with Gasteiger partial charge in [-0.2, -0.15) is 0 Å². The molecular formula is C16H17ClN2O3S. The first-order chi connectivity index (χ1) is 10.8. The van der Waals surface area contributed by atoms with Crippen LogP contribution in [0.4, 0.5) is 5.69 Å². The number of carbonyl (C=O) groups excluding carboxylic acids is 1. The minimum Gasteiger partial charge on any atom is -0.348 e. The molecule has 2 aromatic carbocycles. The lowest BCUT2D eigenvalue weighted by Gasteiger charge is -2.12. The van der Waals surface area contributed by atoms with Crippen molar-refractivity contribution in [2.45, 2.75) is 13.5 Å². The fourth-order valence-electron chi connectivity index (χ4n) is 2.10. The molecule has 2 rings (SSSR count). The Morgan fingerprint density at radius 2 is 1.83 bits per heavy atom. The molecule has 0 saturated heterocycles. The quantitative estimate of drug-likeness (QED) is 0.868. The molecule has 0 aliphatic heterocycles. The van der Waals surface area contributed by atoms with Gasteiger partial charge >= 0.3 is 0 Å². The Labute approximate surface area is 140 Å². The van der Waals surface area contributed by atoms with Crippen molar-refractivity contribution in [1.82, 2.24) is 5.32 Å². The van der Waals surface area contributed by atoms with Gasteiger partial charge in [0.15, 0.2) is 0 Å². The highest BCUT2D eigenvalue weighted by Crippen LogP contribution is 2.20. The van der Waals surface area contributed by atoms with Crippen LogP contribution in [-0.4, -0.2) is 20.6 Å². The van der Waals surface area contributed by atoms with E-state index in [0.717, 1.165) is 11.8 Å². The van der Waals surface area contributed by atoms with E-state index in [0.29, 0.717) is 28.4 Å². The second-order valence-electron chi connectivity index (χ2n) is 5.13. The van der Waals surface area contributed by atoms with Crippen LogP contribution >= 0.6 is 11.6 Å². The second-order valence-corrected chi connectivity index (χ2v) is 7.28. The van der Waals surface area contributed by atoms with Crippen LogP contribution in [0.15, 0.2) is 42.5 Å². The molecule has 7 heteroatoms. The molecule has 0 unspecified atom stereocenters. The molecule has 0 aliphatic carbocycles. The molecule has 0 aliphatic rings. The number of carbonyl (C=O) groups is 1. The van der Waals surface area contributed by atoms with E-state index in [2.05, 4.69) is 10.0 Å². The molecule has 0 heterocycles. The minimum atomic E-state index is -3.40. The van der Waals surface area contributed by atoms with Gasteiger partial charge in [0.1, 0.15) is 0 Å². The summed E-state index contributed by atoms with van der Waals surface area (Å²) in [5.41, 5.74) is 2.17. The summed E-state index contributed by atoms with van der Waals surface area (Å²) in [5.74, 6) is -0.292. The van der Waals surface area contributed by atoms with E-state index in [1.54, 1.807) is 31.2 Å². The van der Waals surface area contributed by atoms with Crippen LogP contribution in [0.25, 0.3) is 0 Å². The molecule has 0 aromatic heterocycles. The fraction of sp³-hybridized carbons (Fsp3) is 0.188. The van der Waals surface area contributed by atoms with Gasteiger partial charge < -0.3 is 5.32 Å². The Balaban J connectivity index is 2.17. The van der Waals surface area contributed by atoms with Crippen molar-refractivity contribution in [3.63, 3.8) is 0 Å². The highest BCUT2D eigenvalue weighted by atomic mass is 35.5. The van der Waals surface area contributed by atoms with Crippen LogP contribution in [0.2, 0.25) is 5.02 Å². The minimum absolute atomic E-state index is 0.292. The Bertz CT molecular complexity index is 835. The number of anilines is 1. The summed E-state index contributed by atoms with van der Waals surface area (Å²) >= 11 is 6.05. The highest BCUT2D eigenvalue weighted by Gasteiger charge is 2.13. The molecule has 5 nitrogen and oxygen atoms in total. The Kier molecular flexibility index (Phi) is 5.28. The summed E-state index contributed by atoms with van der Waals surface area (Å²) in [6.07, 6.45) is 1.07. The Hall–Kier alpha value is -2.05. The summed E-state index contributed by atoms with van der Waals surface area (Å²) in [7, 11) is -3.40.